The number of aromatic nitrogens is 1. The van der Waals surface area contributed by atoms with E-state index < -0.39 is 5.82 Å². The Kier molecular flexibility index (Phi) is 4.11. The quantitative estimate of drug-likeness (QED) is 0.844. The summed E-state index contributed by atoms with van der Waals surface area (Å²) < 4.78 is 12.9. The van der Waals surface area contributed by atoms with Crippen LogP contribution in [0.1, 0.15) is 28.2 Å². The van der Waals surface area contributed by atoms with Gasteiger partial charge in [0.2, 0.25) is 0 Å². The zero-order chi connectivity index (χ0) is 13.8. The van der Waals surface area contributed by atoms with Gasteiger partial charge < -0.3 is 11.1 Å². The number of carbonyl (C=O) groups excluding carboxylic acids is 1. The fraction of sp³-hybridized carbons (Fsp3) is 0.231. The zero-order valence-corrected chi connectivity index (χ0v) is 11.2. The molecule has 100 valence electrons. The highest BCUT2D eigenvalue weighted by atomic mass is 32.1. The van der Waals surface area contributed by atoms with Crippen LogP contribution in [-0.4, -0.2) is 17.4 Å². The number of rotatable bonds is 4. The highest BCUT2D eigenvalue weighted by molar-refractivity contribution is 7.09. The second-order valence-corrected chi connectivity index (χ2v) is 5.14. The van der Waals surface area contributed by atoms with E-state index in [0.29, 0.717) is 6.54 Å². The van der Waals surface area contributed by atoms with Crippen LogP contribution in [0.2, 0.25) is 0 Å². The standard InChI is InChI=1S/C13H14FN3OS/c1-8(13-16-4-5-19-13)7-17-12(18)10-3-2-9(14)6-11(10)15/h2-6,8H,7,15H2,1H3,(H,17,18). The molecule has 3 N–H and O–H groups in total. The smallest absolute Gasteiger partial charge is 0.253 e. The summed E-state index contributed by atoms with van der Waals surface area (Å²) in [5.41, 5.74) is 6.04. The summed E-state index contributed by atoms with van der Waals surface area (Å²) in [4.78, 5) is 16.1. The Bertz CT molecular complexity index is 571. The lowest BCUT2D eigenvalue weighted by Gasteiger charge is -2.11. The molecule has 1 aromatic heterocycles. The van der Waals surface area contributed by atoms with E-state index >= 15 is 0 Å². The Morgan fingerprint density at radius 1 is 1.58 bits per heavy atom. The molecule has 1 heterocycles. The molecule has 0 fully saturated rings. The minimum atomic E-state index is -0.454. The van der Waals surface area contributed by atoms with Gasteiger partial charge in [0.15, 0.2) is 0 Å². The fourth-order valence-electron chi connectivity index (χ4n) is 1.65. The molecule has 0 saturated carbocycles. The molecule has 0 aliphatic rings. The van der Waals surface area contributed by atoms with Gasteiger partial charge in [0.25, 0.3) is 5.91 Å². The van der Waals surface area contributed by atoms with Crippen LogP contribution in [0, 0.1) is 5.82 Å². The summed E-state index contributed by atoms with van der Waals surface area (Å²) in [5.74, 6) is -0.628. The molecule has 0 aliphatic carbocycles. The van der Waals surface area contributed by atoms with Crippen LogP contribution >= 0.6 is 11.3 Å². The molecule has 1 aromatic carbocycles. The lowest BCUT2D eigenvalue weighted by atomic mass is 10.1. The first kappa shape index (κ1) is 13.5. The van der Waals surface area contributed by atoms with Crippen LogP contribution in [0.25, 0.3) is 0 Å². The van der Waals surface area contributed by atoms with E-state index in [-0.39, 0.29) is 23.1 Å². The third kappa shape index (κ3) is 3.29. The lowest BCUT2D eigenvalue weighted by molar-refractivity contribution is 0.0952. The molecule has 1 atom stereocenters. The largest absolute Gasteiger partial charge is 0.398 e. The van der Waals surface area contributed by atoms with Crippen molar-refractivity contribution in [2.75, 3.05) is 12.3 Å². The number of hydrogen-bond donors (Lipinski definition) is 2. The Balaban J connectivity index is 1.98. The minimum Gasteiger partial charge on any atom is -0.398 e. The van der Waals surface area contributed by atoms with Gasteiger partial charge in [-0.3, -0.25) is 4.79 Å². The first-order valence-corrected chi connectivity index (χ1v) is 6.68. The number of amides is 1. The first-order chi connectivity index (χ1) is 9.08. The average molecular weight is 279 g/mol. The number of anilines is 1. The molecule has 0 bridgehead atoms. The molecular formula is C13H14FN3OS. The number of thiazole rings is 1. The van der Waals surface area contributed by atoms with Gasteiger partial charge in [0, 0.05) is 29.7 Å². The average Bonchev–Trinajstić information content (AvgIpc) is 2.89. The van der Waals surface area contributed by atoms with E-state index in [9.17, 15) is 9.18 Å². The minimum absolute atomic E-state index is 0.130. The second-order valence-electron chi connectivity index (χ2n) is 4.21. The van der Waals surface area contributed by atoms with Crippen molar-refractivity contribution in [3.05, 3.63) is 46.2 Å². The van der Waals surface area contributed by atoms with Gasteiger partial charge in [-0.05, 0) is 18.2 Å². The molecule has 2 rings (SSSR count). The van der Waals surface area contributed by atoms with Gasteiger partial charge in [-0.2, -0.15) is 0 Å². The number of nitrogens with zero attached hydrogens (tertiary/aromatic N) is 1. The molecule has 2 aromatic rings. The van der Waals surface area contributed by atoms with Gasteiger partial charge in [0.1, 0.15) is 5.82 Å². The summed E-state index contributed by atoms with van der Waals surface area (Å²) in [6.07, 6.45) is 1.73. The highest BCUT2D eigenvalue weighted by Crippen LogP contribution is 2.17. The molecular weight excluding hydrogens is 265 g/mol. The van der Waals surface area contributed by atoms with Gasteiger partial charge >= 0.3 is 0 Å². The SMILES string of the molecule is CC(CNC(=O)c1ccc(F)cc1N)c1nccs1. The zero-order valence-electron chi connectivity index (χ0n) is 10.4. The topological polar surface area (TPSA) is 68.0 Å². The summed E-state index contributed by atoms with van der Waals surface area (Å²) in [6.45, 7) is 2.44. The van der Waals surface area contributed by atoms with Crippen molar-refractivity contribution in [3.8, 4) is 0 Å². The third-order valence-electron chi connectivity index (χ3n) is 2.70. The Hall–Kier alpha value is -1.95. The lowest BCUT2D eigenvalue weighted by Crippen LogP contribution is -2.28. The maximum atomic E-state index is 12.9. The number of nitrogen functional groups attached to an aromatic ring is 1. The van der Waals surface area contributed by atoms with Crippen LogP contribution in [0.15, 0.2) is 29.8 Å². The van der Waals surface area contributed by atoms with Crippen LogP contribution < -0.4 is 11.1 Å². The summed E-state index contributed by atoms with van der Waals surface area (Å²) in [6, 6.07) is 3.74. The molecule has 1 amide bonds. The molecule has 0 aliphatic heterocycles. The van der Waals surface area contributed by atoms with E-state index in [1.54, 1.807) is 17.5 Å². The van der Waals surface area contributed by atoms with E-state index in [1.807, 2.05) is 12.3 Å². The van der Waals surface area contributed by atoms with Crippen molar-refractivity contribution in [2.24, 2.45) is 0 Å². The molecule has 1 unspecified atom stereocenters. The Morgan fingerprint density at radius 3 is 3.00 bits per heavy atom. The maximum absolute atomic E-state index is 12.9. The molecule has 6 heteroatoms. The van der Waals surface area contributed by atoms with Crippen LogP contribution in [0.4, 0.5) is 10.1 Å². The van der Waals surface area contributed by atoms with Crippen LogP contribution in [0.5, 0.6) is 0 Å². The number of hydrogen-bond acceptors (Lipinski definition) is 4. The number of nitrogens with one attached hydrogen (secondary N) is 1. The maximum Gasteiger partial charge on any atom is 0.253 e. The van der Waals surface area contributed by atoms with Crippen molar-refractivity contribution >= 4 is 22.9 Å². The van der Waals surface area contributed by atoms with Crippen LogP contribution in [0.3, 0.4) is 0 Å². The number of halogens is 1. The number of benzene rings is 1. The monoisotopic (exact) mass is 279 g/mol. The van der Waals surface area contributed by atoms with Crippen LogP contribution in [-0.2, 0) is 0 Å². The normalized spacial score (nSPS) is 12.1. The van der Waals surface area contributed by atoms with Crippen molar-refractivity contribution in [1.82, 2.24) is 10.3 Å². The number of nitrogens with two attached hydrogens (primary N) is 1. The first-order valence-electron chi connectivity index (χ1n) is 5.80. The fourth-order valence-corrected chi connectivity index (χ4v) is 2.35. The van der Waals surface area contributed by atoms with Crippen molar-refractivity contribution in [1.29, 1.82) is 0 Å². The van der Waals surface area contributed by atoms with Crippen molar-refractivity contribution < 1.29 is 9.18 Å². The summed E-state index contributed by atoms with van der Waals surface area (Å²) in [7, 11) is 0. The third-order valence-corrected chi connectivity index (χ3v) is 3.71. The van der Waals surface area contributed by atoms with Crippen molar-refractivity contribution in [2.45, 2.75) is 12.8 Å². The summed E-state index contributed by atoms with van der Waals surface area (Å²) >= 11 is 1.55. The molecule has 4 nitrogen and oxygen atoms in total. The highest BCUT2D eigenvalue weighted by Gasteiger charge is 2.13. The molecule has 19 heavy (non-hydrogen) atoms. The predicted molar refractivity (Wildman–Crippen MR) is 73.7 cm³/mol. The Labute approximate surface area is 114 Å². The molecule has 0 saturated heterocycles. The number of carbonyl (C=O) groups is 1. The van der Waals surface area contributed by atoms with Gasteiger partial charge in [-0.25, -0.2) is 9.37 Å². The van der Waals surface area contributed by atoms with Gasteiger partial charge in [-0.1, -0.05) is 6.92 Å². The Morgan fingerprint density at radius 2 is 2.37 bits per heavy atom. The van der Waals surface area contributed by atoms with E-state index in [2.05, 4.69) is 10.3 Å². The van der Waals surface area contributed by atoms with E-state index in [1.165, 1.54) is 12.1 Å². The van der Waals surface area contributed by atoms with E-state index in [0.717, 1.165) is 11.1 Å². The molecule has 0 radical (unpaired) electrons. The van der Waals surface area contributed by atoms with Gasteiger partial charge in [0.05, 0.1) is 10.6 Å². The van der Waals surface area contributed by atoms with E-state index in [4.69, 9.17) is 5.73 Å². The predicted octanol–water partition coefficient (Wildman–Crippen LogP) is 2.40. The van der Waals surface area contributed by atoms with Crippen molar-refractivity contribution in [3.63, 3.8) is 0 Å². The van der Waals surface area contributed by atoms with Gasteiger partial charge in [-0.15, -0.1) is 11.3 Å². The molecule has 0 spiro atoms. The summed E-state index contributed by atoms with van der Waals surface area (Å²) in [5, 5.41) is 5.63. The second kappa shape index (κ2) is 5.79.